The average Bonchev–Trinajstić information content (AvgIpc) is 2.68. The number of pyridine rings is 2. The Hall–Kier alpha value is -2.76. The Morgan fingerprint density at radius 1 is 1.04 bits per heavy atom. The third-order valence-electron chi connectivity index (χ3n) is 4.74. The van der Waals surface area contributed by atoms with Gasteiger partial charge in [0.05, 0.1) is 11.7 Å². The summed E-state index contributed by atoms with van der Waals surface area (Å²) in [4.78, 5) is 22.1. The zero-order chi connectivity index (χ0) is 16.4. The first kappa shape index (κ1) is 14.8. The van der Waals surface area contributed by atoms with Crippen LogP contribution in [0.3, 0.4) is 0 Å². The van der Waals surface area contributed by atoms with Crippen molar-refractivity contribution in [3.05, 3.63) is 49.2 Å². The molecule has 0 bridgehead atoms. The predicted octanol–water partition coefficient (Wildman–Crippen LogP) is 2.53. The Balaban J connectivity index is 1.50. The molecule has 6 nitrogen and oxygen atoms in total. The summed E-state index contributed by atoms with van der Waals surface area (Å²) in [6, 6.07) is 8.56. The van der Waals surface area contributed by atoms with Crippen LogP contribution >= 0.6 is 0 Å². The summed E-state index contributed by atoms with van der Waals surface area (Å²) in [6.45, 7) is 1.96. The van der Waals surface area contributed by atoms with Crippen LogP contribution in [-0.2, 0) is 0 Å². The van der Waals surface area contributed by atoms with Crippen molar-refractivity contribution in [2.75, 3.05) is 29.9 Å². The van der Waals surface area contributed by atoms with Gasteiger partial charge in [0.15, 0.2) is 0 Å². The van der Waals surface area contributed by atoms with E-state index < -0.39 is 0 Å². The van der Waals surface area contributed by atoms with Gasteiger partial charge in [-0.2, -0.15) is 0 Å². The predicted molar refractivity (Wildman–Crippen MR) is 95.2 cm³/mol. The monoisotopic (exact) mass is 320 g/mol. The van der Waals surface area contributed by atoms with E-state index in [-0.39, 0.29) is 0 Å². The molecule has 0 saturated carbocycles. The van der Waals surface area contributed by atoms with Crippen molar-refractivity contribution in [2.24, 2.45) is 0 Å². The quantitative estimate of drug-likeness (QED) is 0.739. The molecular formula is C18H20N6. The van der Waals surface area contributed by atoms with Gasteiger partial charge in [0.1, 0.15) is 18.0 Å². The Labute approximate surface area is 141 Å². The van der Waals surface area contributed by atoms with E-state index >= 15 is 0 Å². The zero-order valence-corrected chi connectivity index (χ0v) is 13.7. The number of hydrogen-bond acceptors (Lipinski definition) is 6. The summed E-state index contributed by atoms with van der Waals surface area (Å²) < 4.78 is 0. The molecule has 3 aromatic heterocycles. The second kappa shape index (κ2) is 6.39. The minimum Gasteiger partial charge on any atom is -0.357 e. The summed E-state index contributed by atoms with van der Waals surface area (Å²) in [5, 5.41) is 1.07. The summed E-state index contributed by atoms with van der Waals surface area (Å²) in [7, 11) is 2.13. The number of piperidine rings is 1. The van der Waals surface area contributed by atoms with Crippen molar-refractivity contribution >= 4 is 22.5 Å². The SMILES string of the molecule is CN(c1ccccn1)C1CCN(c2ncnc3cnccc23)CC1. The van der Waals surface area contributed by atoms with Gasteiger partial charge in [-0.05, 0) is 31.0 Å². The molecule has 0 radical (unpaired) electrons. The van der Waals surface area contributed by atoms with Crippen LogP contribution in [-0.4, -0.2) is 46.1 Å². The maximum atomic E-state index is 4.52. The van der Waals surface area contributed by atoms with Crippen molar-refractivity contribution in [3.8, 4) is 0 Å². The molecule has 1 aliphatic rings. The molecule has 4 rings (SSSR count). The van der Waals surface area contributed by atoms with Crippen LogP contribution in [0, 0.1) is 0 Å². The van der Waals surface area contributed by atoms with Crippen LogP contribution in [0.1, 0.15) is 12.8 Å². The fourth-order valence-electron chi connectivity index (χ4n) is 3.36. The lowest BCUT2D eigenvalue weighted by atomic mass is 10.0. The number of anilines is 2. The number of fused-ring (bicyclic) bond motifs is 1. The number of hydrogen-bond donors (Lipinski definition) is 0. The van der Waals surface area contributed by atoms with E-state index in [0.29, 0.717) is 6.04 Å². The van der Waals surface area contributed by atoms with Crippen LogP contribution in [0.25, 0.3) is 10.9 Å². The van der Waals surface area contributed by atoms with E-state index in [9.17, 15) is 0 Å². The zero-order valence-electron chi connectivity index (χ0n) is 13.7. The van der Waals surface area contributed by atoms with Crippen molar-refractivity contribution in [1.82, 2.24) is 19.9 Å². The van der Waals surface area contributed by atoms with E-state index in [0.717, 1.165) is 48.5 Å². The second-order valence-electron chi connectivity index (χ2n) is 6.11. The molecule has 0 aliphatic carbocycles. The highest BCUT2D eigenvalue weighted by Crippen LogP contribution is 2.27. The molecule has 122 valence electrons. The molecule has 6 heteroatoms. The first-order chi connectivity index (χ1) is 11.8. The molecule has 1 fully saturated rings. The topological polar surface area (TPSA) is 58.0 Å². The van der Waals surface area contributed by atoms with E-state index in [2.05, 4.69) is 42.8 Å². The average molecular weight is 320 g/mol. The first-order valence-electron chi connectivity index (χ1n) is 8.26. The fourth-order valence-corrected chi connectivity index (χ4v) is 3.36. The standard InChI is InChI=1S/C18H20N6/c1-23(17-4-2-3-8-20-17)14-6-10-24(11-7-14)18-15-5-9-19-12-16(15)21-13-22-18/h2-5,8-9,12-14H,6-7,10-11H2,1H3. The Kier molecular flexibility index (Phi) is 3.94. The first-order valence-corrected chi connectivity index (χ1v) is 8.26. The summed E-state index contributed by atoms with van der Waals surface area (Å²) in [5.74, 6) is 2.05. The van der Waals surface area contributed by atoms with E-state index in [1.54, 1.807) is 18.7 Å². The third kappa shape index (κ3) is 2.75. The molecule has 1 saturated heterocycles. The van der Waals surface area contributed by atoms with E-state index in [1.165, 1.54) is 0 Å². The molecule has 0 N–H and O–H groups in total. The molecule has 0 spiro atoms. The summed E-state index contributed by atoms with van der Waals surface area (Å²) in [5.41, 5.74) is 0.898. The normalized spacial score (nSPS) is 15.6. The van der Waals surface area contributed by atoms with Gasteiger partial charge in [-0.1, -0.05) is 6.07 Å². The molecule has 4 heterocycles. The highest BCUT2D eigenvalue weighted by Gasteiger charge is 2.24. The fraction of sp³-hybridized carbons (Fsp3) is 0.333. The minimum absolute atomic E-state index is 0.505. The van der Waals surface area contributed by atoms with Gasteiger partial charge >= 0.3 is 0 Å². The molecular weight excluding hydrogens is 300 g/mol. The van der Waals surface area contributed by atoms with Gasteiger partial charge in [0.2, 0.25) is 0 Å². The minimum atomic E-state index is 0.505. The summed E-state index contributed by atoms with van der Waals surface area (Å²) in [6.07, 6.45) is 9.25. The van der Waals surface area contributed by atoms with Crippen molar-refractivity contribution < 1.29 is 0 Å². The lowest BCUT2D eigenvalue weighted by molar-refractivity contribution is 0.478. The second-order valence-corrected chi connectivity index (χ2v) is 6.11. The van der Waals surface area contributed by atoms with Gasteiger partial charge in [-0.15, -0.1) is 0 Å². The molecule has 24 heavy (non-hydrogen) atoms. The molecule has 0 amide bonds. The van der Waals surface area contributed by atoms with Gasteiger partial charge in [-0.3, -0.25) is 4.98 Å². The Morgan fingerprint density at radius 2 is 1.92 bits per heavy atom. The van der Waals surface area contributed by atoms with Crippen LogP contribution in [0.15, 0.2) is 49.2 Å². The van der Waals surface area contributed by atoms with Crippen LogP contribution in [0.5, 0.6) is 0 Å². The van der Waals surface area contributed by atoms with E-state index in [1.807, 2.05) is 24.4 Å². The molecule has 0 atom stereocenters. The van der Waals surface area contributed by atoms with Gasteiger partial charge in [0.25, 0.3) is 0 Å². The van der Waals surface area contributed by atoms with Crippen molar-refractivity contribution in [3.63, 3.8) is 0 Å². The number of rotatable bonds is 3. The largest absolute Gasteiger partial charge is 0.357 e. The number of aromatic nitrogens is 4. The smallest absolute Gasteiger partial charge is 0.139 e. The Morgan fingerprint density at radius 3 is 2.71 bits per heavy atom. The van der Waals surface area contributed by atoms with Gasteiger partial charge in [-0.25, -0.2) is 15.0 Å². The van der Waals surface area contributed by atoms with E-state index in [4.69, 9.17) is 0 Å². The molecule has 0 unspecified atom stereocenters. The van der Waals surface area contributed by atoms with Crippen molar-refractivity contribution in [2.45, 2.75) is 18.9 Å². The third-order valence-corrected chi connectivity index (χ3v) is 4.74. The van der Waals surface area contributed by atoms with Gasteiger partial charge < -0.3 is 9.80 Å². The lowest BCUT2D eigenvalue weighted by Gasteiger charge is -2.38. The van der Waals surface area contributed by atoms with Crippen LogP contribution in [0.2, 0.25) is 0 Å². The van der Waals surface area contributed by atoms with Crippen LogP contribution < -0.4 is 9.80 Å². The highest BCUT2D eigenvalue weighted by atomic mass is 15.2. The summed E-state index contributed by atoms with van der Waals surface area (Å²) >= 11 is 0. The maximum Gasteiger partial charge on any atom is 0.139 e. The molecule has 3 aromatic rings. The number of nitrogens with zero attached hydrogens (tertiary/aromatic N) is 6. The van der Waals surface area contributed by atoms with Crippen LogP contribution in [0.4, 0.5) is 11.6 Å². The molecule has 0 aromatic carbocycles. The highest BCUT2D eigenvalue weighted by molar-refractivity contribution is 5.88. The Bertz CT molecular complexity index is 809. The maximum absolute atomic E-state index is 4.52. The van der Waals surface area contributed by atoms with Crippen molar-refractivity contribution in [1.29, 1.82) is 0 Å². The van der Waals surface area contributed by atoms with Gasteiger partial charge in [0, 0.05) is 44.0 Å². The lowest BCUT2D eigenvalue weighted by Crippen LogP contribution is -2.44. The molecule has 1 aliphatic heterocycles.